The number of aryl methyl sites for hydroxylation is 1. The third-order valence-corrected chi connectivity index (χ3v) is 6.36. The van der Waals surface area contributed by atoms with E-state index in [0.29, 0.717) is 0 Å². The lowest BCUT2D eigenvalue weighted by Crippen LogP contribution is -2.39. The third kappa shape index (κ3) is 5.28. The predicted molar refractivity (Wildman–Crippen MR) is 122 cm³/mol. The van der Waals surface area contributed by atoms with Gasteiger partial charge in [-0.3, -0.25) is 9.88 Å². The Balaban J connectivity index is 1.46. The van der Waals surface area contributed by atoms with E-state index in [1.54, 1.807) is 7.11 Å². The minimum atomic E-state index is 0.751. The summed E-state index contributed by atoms with van der Waals surface area (Å²) in [5.74, 6) is 0.751. The molecule has 0 radical (unpaired) electrons. The fourth-order valence-corrected chi connectivity index (χ4v) is 4.70. The smallest absolute Gasteiger partial charge is 0.0589 e. The van der Waals surface area contributed by atoms with Gasteiger partial charge in [-0.2, -0.15) is 0 Å². The van der Waals surface area contributed by atoms with Gasteiger partial charge >= 0.3 is 0 Å². The summed E-state index contributed by atoms with van der Waals surface area (Å²) in [7, 11) is 3.94. The number of fused-ring (bicyclic) bond motifs is 1. The molecule has 5 heteroatoms. The summed E-state index contributed by atoms with van der Waals surface area (Å²) in [5, 5.41) is 1.37. The molecule has 1 aliphatic heterocycles. The number of methoxy groups -OCH3 is 1. The number of benzene rings is 1. The molecule has 1 fully saturated rings. The molecule has 0 unspecified atom stereocenters. The van der Waals surface area contributed by atoms with Crippen molar-refractivity contribution in [3.05, 3.63) is 66.1 Å². The van der Waals surface area contributed by atoms with Gasteiger partial charge in [-0.05, 0) is 61.2 Å². The van der Waals surface area contributed by atoms with Crippen molar-refractivity contribution < 1.29 is 4.74 Å². The van der Waals surface area contributed by atoms with Gasteiger partial charge in [-0.25, -0.2) is 0 Å². The highest BCUT2D eigenvalue weighted by molar-refractivity contribution is 5.83. The van der Waals surface area contributed by atoms with Crippen LogP contribution < -0.4 is 0 Å². The Morgan fingerprint density at radius 3 is 2.60 bits per heavy atom. The zero-order valence-electron chi connectivity index (χ0n) is 18.3. The highest BCUT2D eigenvalue weighted by atomic mass is 16.5. The van der Waals surface area contributed by atoms with Gasteiger partial charge in [0.15, 0.2) is 0 Å². The van der Waals surface area contributed by atoms with Gasteiger partial charge in [0.05, 0.1) is 6.61 Å². The molecule has 30 heavy (non-hydrogen) atoms. The second-order valence-electron chi connectivity index (χ2n) is 8.59. The first-order chi connectivity index (χ1) is 14.7. The Hall–Kier alpha value is -2.21. The van der Waals surface area contributed by atoms with E-state index in [9.17, 15) is 0 Å². The molecule has 0 aliphatic carbocycles. The monoisotopic (exact) mass is 406 g/mol. The van der Waals surface area contributed by atoms with Gasteiger partial charge in [-0.15, -0.1) is 0 Å². The summed E-state index contributed by atoms with van der Waals surface area (Å²) < 4.78 is 7.50. The molecule has 5 nitrogen and oxygen atoms in total. The number of rotatable bonds is 9. The molecule has 3 aromatic rings. The number of piperidine rings is 1. The quantitative estimate of drug-likeness (QED) is 0.539. The van der Waals surface area contributed by atoms with Gasteiger partial charge < -0.3 is 14.2 Å². The summed E-state index contributed by atoms with van der Waals surface area (Å²) in [6.07, 6.45) is 8.65. The van der Waals surface area contributed by atoms with Crippen LogP contribution in [0.2, 0.25) is 0 Å². The van der Waals surface area contributed by atoms with Crippen molar-refractivity contribution in [3.8, 4) is 0 Å². The lowest BCUT2D eigenvalue weighted by molar-refractivity contribution is 0.104. The number of hydrogen-bond donors (Lipinski definition) is 0. The molecular weight excluding hydrogens is 372 g/mol. The van der Waals surface area contributed by atoms with E-state index in [1.165, 1.54) is 48.0 Å². The molecule has 1 aliphatic rings. The standard InChI is InChI=1S/C25H34N4O/c1-27-19-23(24-5-3-4-6-25(24)27)20-29(17-21-7-11-26-12-8-21)18-22-9-13-28(14-10-22)15-16-30-2/h3-8,11-12,19,22H,9-10,13-18,20H2,1-2H3. The second-order valence-corrected chi connectivity index (χ2v) is 8.59. The molecule has 0 amide bonds. The van der Waals surface area contributed by atoms with Gasteiger partial charge in [0.25, 0.3) is 0 Å². The largest absolute Gasteiger partial charge is 0.383 e. The number of nitrogens with zero attached hydrogens (tertiary/aromatic N) is 4. The SMILES string of the molecule is COCCN1CCC(CN(Cc2ccncc2)Cc2cn(C)c3ccccc23)CC1. The maximum atomic E-state index is 5.25. The van der Waals surface area contributed by atoms with Gasteiger partial charge in [0.1, 0.15) is 0 Å². The van der Waals surface area contributed by atoms with Crippen LogP contribution in [0.25, 0.3) is 10.9 Å². The van der Waals surface area contributed by atoms with Crippen LogP contribution in [0.15, 0.2) is 55.0 Å². The maximum absolute atomic E-state index is 5.25. The molecular formula is C25H34N4O. The second kappa shape index (κ2) is 10.2. The van der Waals surface area contributed by atoms with E-state index >= 15 is 0 Å². The van der Waals surface area contributed by atoms with Gasteiger partial charge in [0.2, 0.25) is 0 Å². The highest BCUT2D eigenvalue weighted by Crippen LogP contribution is 2.25. The van der Waals surface area contributed by atoms with Crippen molar-refractivity contribution in [1.82, 2.24) is 19.4 Å². The fourth-order valence-electron chi connectivity index (χ4n) is 4.70. The Kier molecular flexibility index (Phi) is 7.16. The van der Waals surface area contributed by atoms with E-state index < -0.39 is 0 Å². The molecule has 160 valence electrons. The number of ether oxygens (including phenoxy) is 1. The molecule has 0 bridgehead atoms. The van der Waals surface area contributed by atoms with E-state index in [-0.39, 0.29) is 0 Å². The third-order valence-electron chi connectivity index (χ3n) is 6.36. The predicted octanol–water partition coefficient (Wildman–Crippen LogP) is 3.93. The van der Waals surface area contributed by atoms with Crippen molar-refractivity contribution in [2.75, 3.05) is 39.9 Å². The van der Waals surface area contributed by atoms with Crippen LogP contribution in [-0.2, 0) is 24.9 Å². The Labute approximate surface area is 180 Å². The van der Waals surface area contributed by atoms with Crippen molar-refractivity contribution >= 4 is 10.9 Å². The summed E-state index contributed by atoms with van der Waals surface area (Å²) in [5.41, 5.74) is 4.06. The van der Waals surface area contributed by atoms with Crippen molar-refractivity contribution in [2.45, 2.75) is 25.9 Å². The first-order valence-electron chi connectivity index (χ1n) is 11.1. The number of pyridine rings is 1. The number of para-hydroxylation sites is 1. The topological polar surface area (TPSA) is 33.5 Å². The molecule has 2 aromatic heterocycles. The molecule has 4 rings (SSSR count). The van der Waals surface area contributed by atoms with Crippen molar-refractivity contribution in [3.63, 3.8) is 0 Å². The first kappa shape index (κ1) is 21.0. The van der Waals surface area contributed by atoms with Crippen LogP contribution in [0.5, 0.6) is 0 Å². The molecule has 1 aromatic carbocycles. The number of hydrogen-bond acceptors (Lipinski definition) is 4. The maximum Gasteiger partial charge on any atom is 0.0589 e. The molecule has 0 saturated carbocycles. The summed E-state index contributed by atoms with van der Waals surface area (Å²) in [6.45, 7) is 7.35. The van der Waals surface area contributed by atoms with Crippen LogP contribution in [0.1, 0.15) is 24.0 Å². The molecule has 3 heterocycles. The fraction of sp³-hybridized carbons (Fsp3) is 0.480. The lowest BCUT2D eigenvalue weighted by Gasteiger charge is -2.35. The Bertz CT molecular complexity index is 915. The zero-order valence-corrected chi connectivity index (χ0v) is 18.3. The van der Waals surface area contributed by atoms with E-state index in [2.05, 4.69) is 69.0 Å². The van der Waals surface area contributed by atoms with Crippen molar-refractivity contribution in [1.29, 1.82) is 0 Å². The highest BCUT2D eigenvalue weighted by Gasteiger charge is 2.22. The Morgan fingerprint density at radius 1 is 1.07 bits per heavy atom. The summed E-state index contributed by atoms with van der Waals surface area (Å²) >= 11 is 0. The minimum absolute atomic E-state index is 0.751. The first-order valence-corrected chi connectivity index (χ1v) is 11.1. The van der Waals surface area contributed by atoms with Crippen LogP contribution in [0.4, 0.5) is 0 Å². The normalized spacial score (nSPS) is 16.0. The number of likely N-dealkylation sites (tertiary alicyclic amines) is 1. The lowest BCUT2D eigenvalue weighted by atomic mass is 9.95. The molecule has 0 N–H and O–H groups in total. The van der Waals surface area contributed by atoms with E-state index in [1.807, 2.05) is 12.4 Å². The average molecular weight is 407 g/mol. The Morgan fingerprint density at radius 2 is 1.83 bits per heavy atom. The average Bonchev–Trinajstić information content (AvgIpc) is 3.09. The zero-order chi connectivity index (χ0) is 20.8. The molecule has 0 atom stereocenters. The molecule has 0 spiro atoms. The van der Waals surface area contributed by atoms with Gasteiger partial charge in [0, 0.05) is 69.8 Å². The minimum Gasteiger partial charge on any atom is -0.383 e. The summed E-state index contributed by atoms with van der Waals surface area (Å²) in [4.78, 5) is 9.36. The van der Waals surface area contributed by atoms with Crippen LogP contribution in [0.3, 0.4) is 0 Å². The van der Waals surface area contributed by atoms with Gasteiger partial charge in [-0.1, -0.05) is 18.2 Å². The van der Waals surface area contributed by atoms with E-state index in [4.69, 9.17) is 4.74 Å². The van der Waals surface area contributed by atoms with Crippen LogP contribution >= 0.6 is 0 Å². The van der Waals surface area contributed by atoms with Crippen molar-refractivity contribution in [2.24, 2.45) is 13.0 Å². The van der Waals surface area contributed by atoms with Crippen LogP contribution in [-0.4, -0.2) is 59.2 Å². The molecule has 1 saturated heterocycles. The van der Waals surface area contributed by atoms with Crippen LogP contribution in [0, 0.1) is 5.92 Å². The number of aromatic nitrogens is 2. The summed E-state index contributed by atoms with van der Waals surface area (Å²) in [6, 6.07) is 13.0. The van der Waals surface area contributed by atoms with E-state index in [0.717, 1.165) is 38.7 Å².